The summed E-state index contributed by atoms with van der Waals surface area (Å²) in [5.41, 5.74) is 8.20. The summed E-state index contributed by atoms with van der Waals surface area (Å²) < 4.78 is 0. The third kappa shape index (κ3) is 5.66. The molecule has 3 N–H and O–H groups in total. The monoisotopic (exact) mass is 402 g/mol. The summed E-state index contributed by atoms with van der Waals surface area (Å²) in [6.45, 7) is 5.17. The summed E-state index contributed by atoms with van der Waals surface area (Å²) in [6, 6.07) is 9.26. The molecule has 0 aliphatic carbocycles. The minimum absolute atomic E-state index is 0. The number of rotatable bonds is 5. The SMILES string of the molecule is CCN1CCc2nc(NC(=O)C(N)Cc3ccccc3)sc2C1.Cl.Cl. The van der Waals surface area contributed by atoms with Crippen LogP contribution in [0.15, 0.2) is 30.3 Å². The number of hydrogen-bond donors (Lipinski definition) is 2. The number of fused-ring (bicyclic) bond motifs is 1. The summed E-state index contributed by atoms with van der Waals surface area (Å²) >= 11 is 1.57. The average molecular weight is 403 g/mol. The van der Waals surface area contributed by atoms with Crippen molar-refractivity contribution in [2.75, 3.05) is 18.4 Å². The maximum atomic E-state index is 12.3. The molecular formula is C17H24Cl2N4OS. The zero-order valence-electron chi connectivity index (χ0n) is 14.1. The van der Waals surface area contributed by atoms with E-state index in [9.17, 15) is 4.79 Å². The van der Waals surface area contributed by atoms with E-state index < -0.39 is 6.04 Å². The number of nitrogens with two attached hydrogens (primary N) is 1. The van der Waals surface area contributed by atoms with Crippen LogP contribution >= 0.6 is 36.2 Å². The molecule has 0 saturated carbocycles. The van der Waals surface area contributed by atoms with Crippen LogP contribution in [0.5, 0.6) is 0 Å². The van der Waals surface area contributed by atoms with Crippen molar-refractivity contribution in [3.8, 4) is 0 Å². The zero-order chi connectivity index (χ0) is 16.2. The second kappa shape index (κ2) is 10.1. The molecule has 1 amide bonds. The standard InChI is InChI=1S/C17H22N4OS.2ClH/c1-2-21-9-8-14-15(11-21)23-17(19-14)20-16(22)13(18)10-12-6-4-3-5-7-12;;/h3-7,13H,2,8-11,18H2,1H3,(H,19,20,22);2*1H. The Labute approximate surface area is 164 Å². The third-order valence-corrected chi connectivity index (χ3v) is 5.12. The van der Waals surface area contributed by atoms with Crippen LogP contribution < -0.4 is 11.1 Å². The van der Waals surface area contributed by atoms with Crippen molar-refractivity contribution in [1.29, 1.82) is 0 Å². The van der Waals surface area contributed by atoms with Crippen molar-refractivity contribution < 1.29 is 4.79 Å². The van der Waals surface area contributed by atoms with Crippen LogP contribution in [0.2, 0.25) is 0 Å². The lowest BCUT2D eigenvalue weighted by Gasteiger charge is -2.23. The van der Waals surface area contributed by atoms with E-state index in [1.807, 2.05) is 30.3 Å². The molecule has 138 valence electrons. The van der Waals surface area contributed by atoms with Crippen molar-refractivity contribution >= 4 is 47.2 Å². The smallest absolute Gasteiger partial charge is 0.243 e. The number of thiazole rings is 1. The Morgan fingerprint density at radius 1 is 1.36 bits per heavy atom. The Morgan fingerprint density at radius 2 is 2.08 bits per heavy atom. The van der Waals surface area contributed by atoms with Crippen molar-refractivity contribution in [2.45, 2.75) is 32.4 Å². The largest absolute Gasteiger partial charge is 0.320 e. The number of nitrogens with zero attached hydrogens (tertiary/aromatic N) is 2. The van der Waals surface area contributed by atoms with Gasteiger partial charge in [0.1, 0.15) is 0 Å². The molecule has 1 aromatic heterocycles. The molecule has 0 saturated heterocycles. The lowest BCUT2D eigenvalue weighted by Crippen LogP contribution is -2.37. The van der Waals surface area contributed by atoms with E-state index >= 15 is 0 Å². The highest BCUT2D eigenvalue weighted by atomic mass is 35.5. The predicted molar refractivity (Wildman–Crippen MR) is 108 cm³/mol. The number of benzene rings is 1. The molecule has 1 unspecified atom stereocenters. The third-order valence-electron chi connectivity index (χ3n) is 4.12. The van der Waals surface area contributed by atoms with Crippen LogP contribution in [0, 0.1) is 0 Å². The summed E-state index contributed by atoms with van der Waals surface area (Å²) in [5.74, 6) is -0.174. The molecule has 2 aromatic rings. The normalized spacial score (nSPS) is 14.6. The second-order valence-electron chi connectivity index (χ2n) is 5.79. The van der Waals surface area contributed by atoms with Crippen LogP contribution in [0.25, 0.3) is 0 Å². The number of carbonyl (C=O) groups excluding carboxylic acids is 1. The first-order valence-corrected chi connectivity index (χ1v) is 8.78. The zero-order valence-corrected chi connectivity index (χ0v) is 16.6. The van der Waals surface area contributed by atoms with E-state index in [0.717, 1.165) is 37.3 Å². The van der Waals surface area contributed by atoms with Crippen molar-refractivity contribution in [3.05, 3.63) is 46.5 Å². The van der Waals surface area contributed by atoms with Gasteiger partial charge in [0.05, 0.1) is 11.7 Å². The van der Waals surface area contributed by atoms with Crippen LogP contribution in [-0.4, -0.2) is 34.9 Å². The summed E-state index contributed by atoms with van der Waals surface area (Å²) in [7, 11) is 0. The van der Waals surface area contributed by atoms with Gasteiger partial charge in [-0.3, -0.25) is 9.69 Å². The first-order valence-electron chi connectivity index (χ1n) is 7.97. The summed E-state index contributed by atoms with van der Waals surface area (Å²) in [5, 5.41) is 3.54. The van der Waals surface area contributed by atoms with Crippen LogP contribution in [0.3, 0.4) is 0 Å². The summed E-state index contributed by atoms with van der Waals surface area (Å²) in [6.07, 6.45) is 1.48. The van der Waals surface area contributed by atoms with Gasteiger partial charge in [-0.1, -0.05) is 37.3 Å². The van der Waals surface area contributed by atoms with Crippen LogP contribution in [-0.2, 0) is 24.2 Å². The van der Waals surface area contributed by atoms with E-state index in [0.29, 0.717) is 11.6 Å². The van der Waals surface area contributed by atoms with E-state index in [2.05, 4.69) is 22.1 Å². The Morgan fingerprint density at radius 3 is 2.76 bits per heavy atom. The number of carbonyl (C=O) groups is 1. The van der Waals surface area contributed by atoms with Gasteiger partial charge in [0.15, 0.2) is 5.13 Å². The lowest BCUT2D eigenvalue weighted by molar-refractivity contribution is -0.117. The lowest BCUT2D eigenvalue weighted by atomic mass is 10.1. The van der Waals surface area contributed by atoms with Gasteiger partial charge >= 0.3 is 0 Å². The quantitative estimate of drug-likeness (QED) is 0.806. The Balaban J connectivity index is 0.00000156. The Kier molecular flexibility index (Phi) is 8.82. The minimum Gasteiger partial charge on any atom is -0.320 e. The molecule has 2 heterocycles. The van der Waals surface area contributed by atoms with Gasteiger partial charge in [0, 0.05) is 24.4 Å². The van der Waals surface area contributed by atoms with E-state index in [4.69, 9.17) is 5.73 Å². The van der Waals surface area contributed by atoms with Gasteiger partial charge in [0.2, 0.25) is 5.91 Å². The number of hydrogen-bond acceptors (Lipinski definition) is 5. The second-order valence-corrected chi connectivity index (χ2v) is 6.88. The topological polar surface area (TPSA) is 71.2 Å². The fraction of sp³-hybridized carbons (Fsp3) is 0.412. The van der Waals surface area contributed by atoms with Crippen molar-refractivity contribution in [3.63, 3.8) is 0 Å². The first kappa shape index (κ1) is 21.9. The molecule has 1 atom stereocenters. The van der Waals surface area contributed by atoms with E-state index in [1.54, 1.807) is 11.3 Å². The van der Waals surface area contributed by atoms with Crippen molar-refractivity contribution in [2.24, 2.45) is 5.73 Å². The number of aromatic nitrogens is 1. The molecule has 1 aliphatic heterocycles. The molecule has 0 radical (unpaired) electrons. The molecule has 0 spiro atoms. The molecule has 25 heavy (non-hydrogen) atoms. The molecular weight excluding hydrogens is 379 g/mol. The van der Waals surface area contributed by atoms with Gasteiger partial charge in [-0.05, 0) is 18.5 Å². The predicted octanol–water partition coefficient (Wildman–Crippen LogP) is 2.87. The molecule has 3 rings (SSSR count). The Bertz CT molecular complexity index is 681. The molecule has 0 fully saturated rings. The molecule has 1 aromatic carbocycles. The molecule has 8 heteroatoms. The number of halogens is 2. The van der Waals surface area contributed by atoms with Gasteiger partial charge in [-0.25, -0.2) is 4.98 Å². The number of anilines is 1. The number of nitrogens with one attached hydrogen (secondary N) is 1. The fourth-order valence-corrected chi connectivity index (χ4v) is 3.78. The van der Waals surface area contributed by atoms with Gasteiger partial charge < -0.3 is 11.1 Å². The summed E-state index contributed by atoms with van der Waals surface area (Å²) in [4.78, 5) is 20.5. The maximum Gasteiger partial charge on any atom is 0.243 e. The molecule has 5 nitrogen and oxygen atoms in total. The number of likely N-dealkylation sites (N-methyl/N-ethyl adjacent to an activating group) is 1. The minimum atomic E-state index is -0.564. The number of amides is 1. The average Bonchev–Trinajstić information content (AvgIpc) is 2.96. The maximum absolute atomic E-state index is 12.3. The molecule has 1 aliphatic rings. The highest BCUT2D eigenvalue weighted by Crippen LogP contribution is 2.28. The van der Waals surface area contributed by atoms with Gasteiger partial charge in [-0.2, -0.15) is 0 Å². The van der Waals surface area contributed by atoms with Gasteiger partial charge in [-0.15, -0.1) is 36.2 Å². The van der Waals surface area contributed by atoms with Crippen LogP contribution in [0.1, 0.15) is 23.1 Å². The fourth-order valence-electron chi connectivity index (χ4n) is 2.73. The highest BCUT2D eigenvalue weighted by molar-refractivity contribution is 7.15. The molecule has 0 bridgehead atoms. The Hall–Kier alpha value is -1.18. The van der Waals surface area contributed by atoms with E-state index in [1.165, 1.54) is 4.88 Å². The van der Waals surface area contributed by atoms with Crippen LogP contribution in [0.4, 0.5) is 5.13 Å². The van der Waals surface area contributed by atoms with Crippen molar-refractivity contribution in [1.82, 2.24) is 9.88 Å². The van der Waals surface area contributed by atoms with E-state index in [-0.39, 0.29) is 30.7 Å². The highest BCUT2D eigenvalue weighted by Gasteiger charge is 2.21. The van der Waals surface area contributed by atoms with Gasteiger partial charge in [0.25, 0.3) is 0 Å². The first-order chi connectivity index (χ1) is 11.2.